The van der Waals surface area contributed by atoms with E-state index in [9.17, 15) is 0 Å². The molecule has 0 fully saturated rings. The van der Waals surface area contributed by atoms with Gasteiger partial charge in [-0.3, -0.25) is 0 Å². The average Bonchev–Trinajstić information content (AvgIpc) is 2.80. The fraction of sp³-hybridized carbons (Fsp3) is 0.0667. The monoisotopic (exact) mass is 395 g/mol. The first-order valence-corrected chi connectivity index (χ1v) is 8.29. The van der Waals surface area contributed by atoms with Gasteiger partial charge in [0.15, 0.2) is 0 Å². The van der Waals surface area contributed by atoms with Crippen molar-refractivity contribution >= 4 is 53.3 Å². The van der Waals surface area contributed by atoms with Gasteiger partial charge in [0.2, 0.25) is 0 Å². The first-order valence-electron chi connectivity index (χ1n) is 5.83. The van der Waals surface area contributed by atoms with Crippen LogP contribution >= 0.6 is 43.2 Å². The summed E-state index contributed by atoms with van der Waals surface area (Å²) in [5.41, 5.74) is 8.72. The molecule has 1 atom stereocenters. The Morgan fingerprint density at radius 2 is 1.68 bits per heavy atom. The molecule has 0 aliphatic carbocycles. The smallest absolute Gasteiger partial charge is 0.0566 e. The summed E-state index contributed by atoms with van der Waals surface area (Å²) in [6, 6.07) is 14.4. The fourth-order valence-electron chi connectivity index (χ4n) is 2.17. The maximum Gasteiger partial charge on any atom is 0.0566 e. The zero-order valence-corrected chi connectivity index (χ0v) is 13.9. The molecule has 0 saturated carbocycles. The molecule has 4 heteroatoms. The lowest BCUT2D eigenvalue weighted by atomic mass is 9.99. The molecule has 0 bridgehead atoms. The van der Waals surface area contributed by atoms with Gasteiger partial charge in [-0.15, -0.1) is 11.3 Å². The molecule has 1 unspecified atom stereocenters. The van der Waals surface area contributed by atoms with Gasteiger partial charge in [0.1, 0.15) is 0 Å². The first-order chi connectivity index (χ1) is 9.15. The molecule has 1 heterocycles. The maximum absolute atomic E-state index is 6.43. The fourth-order valence-corrected chi connectivity index (χ4v) is 4.50. The van der Waals surface area contributed by atoms with Gasteiger partial charge in [-0.2, -0.15) is 0 Å². The van der Waals surface area contributed by atoms with Crippen molar-refractivity contribution in [1.82, 2.24) is 0 Å². The Hall–Kier alpha value is -0.680. The topological polar surface area (TPSA) is 26.0 Å². The van der Waals surface area contributed by atoms with E-state index in [-0.39, 0.29) is 6.04 Å². The van der Waals surface area contributed by atoms with Crippen LogP contribution < -0.4 is 5.73 Å². The Morgan fingerprint density at radius 1 is 1.00 bits per heavy atom. The van der Waals surface area contributed by atoms with Crippen molar-refractivity contribution in [2.24, 2.45) is 5.73 Å². The number of rotatable bonds is 2. The minimum atomic E-state index is -0.107. The van der Waals surface area contributed by atoms with Crippen molar-refractivity contribution < 1.29 is 0 Å². The van der Waals surface area contributed by atoms with E-state index in [2.05, 4.69) is 73.6 Å². The Kier molecular flexibility index (Phi) is 3.76. The predicted octanol–water partition coefficient (Wildman–Crippen LogP) is 5.47. The zero-order chi connectivity index (χ0) is 13.4. The van der Waals surface area contributed by atoms with E-state index in [1.807, 2.05) is 6.07 Å². The molecular weight excluding hydrogens is 386 g/mol. The number of thiophene rings is 1. The van der Waals surface area contributed by atoms with Crippen LogP contribution in [0.5, 0.6) is 0 Å². The van der Waals surface area contributed by atoms with Gasteiger partial charge in [-0.1, -0.05) is 50.1 Å². The van der Waals surface area contributed by atoms with Crippen LogP contribution in [-0.4, -0.2) is 0 Å². The van der Waals surface area contributed by atoms with Crippen molar-refractivity contribution in [2.45, 2.75) is 6.04 Å². The molecule has 0 aliphatic rings. The van der Waals surface area contributed by atoms with Crippen LogP contribution in [0.1, 0.15) is 17.2 Å². The second kappa shape index (κ2) is 5.37. The Bertz CT molecular complexity index is 716. The van der Waals surface area contributed by atoms with Crippen LogP contribution in [0.15, 0.2) is 56.8 Å². The average molecular weight is 397 g/mol. The van der Waals surface area contributed by atoms with E-state index >= 15 is 0 Å². The zero-order valence-electron chi connectivity index (χ0n) is 9.94. The van der Waals surface area contributed by atoms with Gasteiger partial charge in [0.05, 0.1) is 6.04 Å². The third kappa shape index (κ3) is 2.63. The number of halogens is 2. The first kappa shape index (κ1) is 13.3. The van der Waals surface area contributed by atoms with E-state index < -0.39 is 0 Å². The molecule has 2 aromatic carbocycles. The van der Waals surface area contributed by atoms with Crippen molar-refractivity contribution in [1.29, 1.82) is 0 Å². The van der Waals surface area contributed by atoms with Gasteiger partial charge in [-0.25, -0.2) is 0 Å². The normalized spacial score (nSPS) is 12.8. The van der Waals surface area contributed by atoms with Crippen LogP contribution in [-0.2, 0) is 0 Å². The molecule has 1 nitrogen and oxygen atoms in total. The molecule has 0 radical (unpaired) electrons. The minimum Gasteiger partial charge on any atom is -0.320 e. The molecule has 19 heavy (non-hydrogen) atoms. The number of hydrogen-bond acceptors (Lipinski definition) is 2. The van der Waals surface area contributed by atoms with Crippen LogP contribution in [0.3, 0.4) is 0 Å². The molecule has 1 aromatic heterocycles. The SMILES string of the molecule is NC(c1cc(Br)cc(Br)c1)c1csc2ccccc12. The Morgan fingerprint density at radius 3 is 2.42 bits per heavy atom. The van der Waals surface area contributed by atoms with Crippen molar-refractivity contribution in [3.05, 3.63) is 67.9 Å². The van der Waals surface area contributed by atoms with Crippen molar-refractivity contribution in [3.63, 3.8) is 0 Å². The largest absolute Gasteiger partial charge is 0.320 e. The van der Waals surface area contributed by atoms with Gasteiger partial charge in [-0.05, 0) is 46.2 Å². The van der Waals surface area contributed by atoms with Crippen LogP contribution in [0.4, 0.5) is 0 Å². The lowest BCUT2D eigenvalue weighted by Crippen LogP contribution is -2.11. The van der Waals surface area contributed by atoms with Crippen molar-refractivity contribution in [3.8, 4) is 0 Å². The lowest BCUT2D eigenvalue weighted by molar-refractivity contribution is 0.882. The second-order valence-electron chi connectivity index (χ2n) is 4.37. The van der Waals surface area contributed by atoms with Crippen LogP contribution in [0, 0.1) is 0 Å². The number of benzene rings is 2. The molecule has 0 spiro atoms. The van der Waals surface area contributed by atoms with E-state index in [4.69, 9.17) is 5.73 Å². The third-order valence-corrected chi connectivity index (χ3v) is 4.99. The summed E-state index contributed by atoms with van der Waals surface area (Å²) in [7, 11) is 0. The quantitative estimate of drug-likeness (QED) is 0.610. The molecule has 3 aromatic rings. The van der Waals surface area contributed by atoms with Crippen molar-refractivity contribution in [2.75, 3.05) is 0 Å². The minimum absolute atomic E-state index is 0.107. The number of fused-ring (bicyclic) bond motifs is 1. The molecule has 0 aliphatic heterocycles. The standard InChI is InChI=1S/C15H11Br2NS/c16-10-5-9(6-11(17)7-10)15(18)13-8-19-14-4-2-1-3-12(13)14/h1-8,15H,18H2. The summed E-state index contributed by atoms with van der Waals surface area (Å²) in [5, 5.41) is 3.40. The predicted molar refractivity (Wildman–Crippen MR) is 89.7 cm³/mol. The molecule has 3 rings (SSSR count). The molecule has 0 amide bonds. The number of hydrogen-bond donors (Lipinski definition) is 1. The van der Waals surface area contributed by atoms with E-state index in [0.717, 1.165) is 14.5 Å². The third-order valence-electron chi connectivity index (χ3n) is 3.09. The molecular formula is C15H11Br2NS. The molecule has 2 N–H and O–H groups in total. The summed E-state index contributed by atoms with van der Waals surface area (Å²) in [6.45, 7) is 0. The highest BCUT2D eigenvalue weighted by atomic mass is 79.9. The van der Waals surface area contributed by atoms with Gasteiger partial charge >= 0.3 is 0 Å². The molecule has 96 valence electrons. The maximum atomic E-state index is 6.43. The van der Waals surface area contributed by atoms with E-state index in [1.54, 1.807) is 11.3 Å². The van der Waals surface area contributed by atoms with Gasteiger partial charge in [0.25, 0.3) is 0 Å². The summed E-state index contributed by atoms with van der Waals surface area (Å²) >= 11 is 8.76. The second-order valence-corrected chi connectivity index (χ2v) is 7.11. The summed E-state index contributed by atoms with van der Waals surface area (Å²) in [6.07, 6.45) is 0. The van der Waals surface area contributed by atoms with E-state index in [0.29, 0.717) is 0 Å². The molecule has 0 saturated heterocycles. The Labute approximate surface area is 132 Å². The summed E-state index contributed by atoms with van der Waals surface area (Å²) in [5.74, 6) is 0. The highest BCUT2D eigenvalue weighted by Crippen LogP contribution is 2.34. The van der Waals surface area contributed by atoms with Gasteiger partial charge < -0.3 is 5.73 Å². The van der Waals surface area contributed by atoms with Crippen LogP contribution in [0.25, 0.3) is 10.1 Å². The van der Waals surface area contributed by atoms with Crippen LogP contribution in [0.2, 0.25) is 0 Å². The summed E-state index contributed by atoms with van der Waals surface area (Å²) in [4.78, 5) is 0. The Balaban J connectivity index is 2.10. The highest BCUT2D eigenvalue weighted by Gasteiger charge is 2.14. The lowest BCUT2D eigenvalue weighted by Gasteiger charge is -2.12. The van der Waals surface area contributed by atoms with E-state index in [1.165, 1.54) is 15.6 Å². The summed E-state index contributed by atoms with van der Waals surface area (Å²) < 4.78 is 3.35. The number of nitrogens with two attached hydrogens (primary N) is 1. The van der Waals surface area contributed by atoms with Gasteiger partial charge in [0, 0.05) is 13.6 Å². The highest BCUT2D eigenvalue weighted by molar-refractivity contribution is 9.11.